The molecular formula is C56H47Br3ClF10N11O19. The van der Waals surface area contributed by atoms with Crippen molar-refractivity contribution in [2.24, 2.45) is 0 Å². The molecule has 1 aromatic heterocycles. The molecule has 8 N–H and O–H groups in total. The summed E-state index contributed by atoms with van der Waals surface area (Å²) in [4.78, 5) is 80.8. The lowest BCUT2D eigenvalue weighted by molar-refractivity contribution is -0.390. The first-order valence-electron chi connectivity index (χ1n) is 26.3. The number of nitro groups is 4. The molecule has 44 heteroatoms. The third kappa shape index (κ3) is 23.6. The first-order chi connectivity index (χ1) is 46.7. The number of nitrogens with two attached hydrogens (primary N) is 2. The van der Waals surface area contributed by atoms with Crippen molar-refractivity contribution in [2.45, 2.75) is 37.6 Å². The highest BCUT2D eigenvalue weighted by Crippen LogP contribution is 2.40. The molecule has 0 radical (unpaired) electrons. The highest BCUT2D eigenvalue weighted by Gasteiger charge is 2.49. The summed E-state index contributed by atoms with van der Waals surface area (Å²) in [6, 6.07) is 13.2. The summed E-state index contributed by atoms with van der Waals surface area (Å²) in [5.41, 5.74) is 5.87. The van der Waals surface area contributed by atoms with Gasteiger partial charge in [-0.2, -0.15) is 41.0 Å². The maximum atomic E-state index is 14.2. The second-order valence-electron chi connectivity index (χ2n) is 18.8. The van der Waals surface area contributed by atoms with Crippen LogP contribution in [0.3, 0.4) is 0 Å². The van der Waals surface area contributed by atoms with Crippen molar-refractivity contribution in [1.29, 1.82) is 5.26 Å². The van der Waals surface area contributed by atoms with E-state index in [-0.39, 0.29) is 55.5 Å². The van der Waals surface area contributed by atoms with Crippen molar-refractivity contribution < 1.29 is 118 Å². The normalized spacial score (nSPS) is 12.2. The van der Waals surface area contributed by atoms with Crippen LogP contribution in [0, 0.1) is 98.3 Å². The van der Waals surface area contributed by atoms with E-state index in [1.54, 1.807) is 6.07 Å². The molecule has 538 valence electrons. The van der Waals surface area contributed by atoms with E-state index in [9.17, 15) is 98.7 Å². The number of nitriles is 1. The van der Waals surface area contributed by atoms with Crippen LogP contribution in [0.1, 0.15) is 52.0 Å². The number of carboxylic acids is 2. The number of benzene rings is 6. The Hall–Kier alpha value is -10.6. The van der Waals surface area contributed by atoms with E-state index >= 15 is 0 Å². The molecule has 1 fully saturated rings. The molecular weight excluding hydrogens is 1600 g/mol. The molecule has 9 rings (SSSR count). The highest BCUT2D eigenvalue weighted by atomic mass is 79.9. The number of aromatic nitrogens is 2. The molecule has 7 aromatic rings. The smallest absolute Gasteiger partial charge is 0.346 e. The van der Waals surface area contributed by atoms with Gasteiger partial charge in [0.15, 0.2) is 11.6 Å². The zero-order valence-electron chi connectivity index (χ0n) is 51.0. The summed E-state index contributed by atoms with van der Waals surface area (Å²) in [5, 5.41) is 78.9. The second kappa shape index (κ2) is 39.1. The minimum atomic E-state index is -3.45. The number of methoxy groups -OCH3 is 4. The molecule has 0 unspecified atom stereocenters. The molecule has 0 atom stereocenters. The number of alkyl halides is 2. The molecule has 1 amide bonds. The Bertz CT molecular complexity index is 4190. The van der Waals surface area contributed by atoms with Gasteiger partial charge in [-0.1, -0.05) is 60.6 Å². The molecule has 30 nitrogen and oxygen atoms in total. The summed E-state index contributed by atoms with van der Waals surface area (Å²) < 4.78 is 150. The quantitative estimate of drug-likeness (QED) is 0.0175. The standard InChI is InChI=1S/C13H15ClF2N4O.C8H5FN2O3.C8H6FNO5.C8H8FNO3.C7H5BrFNO3.C6H2BrF2NO2.C6H4BrF2N.H2O2/c1-19-9-6-17-12(14)18-10(9)20(8-4-2-3-5-8)7-13(15,16)11(19)21;1-14-7-3-5(4-10)2-6(9)8(7)11(12)13;1-15-6-3-4(8(11)12)2-5(9)7(6)10(13)14;1-13-6-3-4(8(11)12)2-5(9)7(6)10;1-13-6-3-4(8)2-5(9)7(6)10(11)12;7-3-1-4(8)6(10(11)12)5(9)2-3;7-3-1-4(8)6(10)5(9)2-3;1-2/h6,8H,2-5,7H2,1H3;2-3H,1H3;2-3H,1H3,(H,11,12);2-3H,10H2,1H3,(H,11,12);2-3H,1H3;1-2H;1-2H,10H2;1-2H. The number of anilines is 4. The average molecular weight is 1640 g/mol. The fourth-order valence-corrected chi connectivity index (χ4v) is 9.39. The maximum Gasteiger partial charge on any atom is 0.346 e. The molecule has 0 bridgehead atoms. The molecule has 2 heterocycles. The Morgan fingerprint density at radius 1 is 0.600 bits per heavy atom. The molecule has 0 saturated heterocycles. The summed E-state index contributed by atoms with van der Waals surface area (Å²) in [7, 11) is 6.10. The summed E-state index contributed by atoms with van der Waals surface area (Å²) >= 11 is 14.5. The van der Waals surface area contributed by atoms with E-state index in [1.165, 1.54) is 51.6 Å². The molecule has 1 aliphatic heterocycles. The van der Waals surface area contributed by atoms with E-state index < -0.39 is 136 Å². The number of amides is 1. The highest BCUT2D eigenvalue weighted by molar-refractivity contribution is 9.11. The van der Waals surface area contributed by atoms with Crippen molar-refractivity contribution in [3.8, 4) is 29.1 Å². The molecule has 100 heavy (non-hydrogen) atoms. The van der Waals surface area contributed by atoms with Crippen LogP contribution in [0.2, 0.25) is 5.28 Å². The molecule has 1 saturated carbocycles. The van der Waals surface area contributed by atoms with Gasteiger partial charge in [-0.15, -0.1) is 0 Å². The van der Waals surface area contributed by atoms with Gasteiger partial charge in [-0.25, -0.2) is 27.7 Å². The Kier molecular flexibility index (Phi) is 33.5. The van der Waals surface area contributed by atoms with Crippen LogP contribution in [0.25, 0.3) is 0 Å². The van der Waals surface area contributed by atoms with Crippen LogP contribution in [0.5, 0.6) is 23.0 Å². The number of nitro benzene ring substituents is 4. The first-order valence-corrected chi connectivity index (χ1v) is 29.0. The summed E-state index contributed by atoms with van der Waals surface area (Å²) in [6.07, 6.45) is 4.94. The van der Waals surface area contributed by atoms with Gasteiger partial charge < -0.3 is 50.4 Å². The fourth-order valence-electron chi connectivity index (χ4n) is 8.05. The second-order valence-corrected chi connectivity index (χ2v) is 21.8. The van der Waals surface area contributed by atoms with Gasteiger partial charge in [0.05, 0.1) is 83.6 Å². The number of carbonyl (C=O) groups excluding carboxylic acids is 1. The van der Waals surface area contributed by atoms with Crippen LogP contribution in [-0.2, 0) is 4.79 Å². The minimum Gasteiger partial charge on any atom is -0.494 e. The number of aromatic carboxylic acids is 2. The molecule has 6 aromatic carbocycles. The average Bonchev–Trinajstić information content (AvgIpc) is 1.54. The van der Waals surface area contributed by atoms with Crippen LogP contribution in [0.4, 0.5) is 89.5 Å². The number of carbonyl (C=O) groups is 3. The van der Waals surface area contributed by atoms with Gasteiger partial charge in [0.1, 0.15) is 34.4 Å². The lowest BCUT2D eigenvalue weighted by Crippen LogP contribution is -2.48. The van der Waals surface area contributed by atoms with Crippen LogP contribution in [0.15, 0.2) is 92.4 Å². The zero-order valence-corrected chi connectivity index (χ0v) is 56.5. The number of carboxylic acid groups (broad SMARTS) is 2. The summed E-state index contributed by atoms with van der Waals surface area (Å²) in [5.74, 6) is -15.6. The Balaban J connectivity index is 0.000000400. The topological polar surface area (TPSA) is 450 Å². The number of fused-ring (bicyclic) bond motifs is 1. The SMILES string of the molecule is CN1C(=O)C(F)(F)CN(C2CCCC2)c2nc(Cl)ncc21.COc1cc(Br)cc(F)c1[N+](=O)[O-].COc1cc(C#N)cc(F)c1[N+](=O)[O-].COc1cc(C(=O)O)cc(F)c1N.COc1cc(C(=O)O)cc(F)c1[N+](=O)[O-].Nc1c(F)cc(Br)cc1F.O=[N+]([O-])c1c(F)cc(Br)cc1F.OO. The largest absolute Gasteiger partial charge is 0.494 e. The third-order valence-electron chi connectivity index (χ3n) is 12.5. The lowest BCUT2D eigenvalue weighted by Gasteiger charge is -2.30. The Morgan fingerprint density at radius 2 is 0.950 bits per heavy atom. The van der Waals surface area contributed by atoms with Crippen LogP contribution >= 0.6 is 59.4 Å². The van der Waals surface area contributed by atoms with Crippen LogP contribution in [-0.4, -0.2) is 122 Å². The van der Waals surface area contributed by atoms with E-state index in [2.05, 4.69) is 76.7 Å². The van der Waals surface area contributed by atoms with Gasteiger partial charge in [0.25, 0.3) is 5.91 Å². The van der Waals surface area contributed by atoms with Crippen molar-refractivity contribution >= 4 is 123 Å². The van der Waals surface area contributed by atoms with Crippen molar-refractivity contribution in [2.75, 3.05) is 63.3 Å². The lowest BCUT2D eigenvalue weighted by atomic mass is 10.2. The minimum absolute atomic E-state index is 0.0113. The van der Waals surface area contributed by atoms with Gasteiger partial charge >= 0.3 is 40.6 Å². The predicted molar refractivity (Wildman–Crippen MR) is 342 cm³/mol. The van der Waals surface area contributed by atoms with Gasteiger partial charge in [-0.3, -0.25) is 55.8 Å². The molecule has 0 spiro atoms. The number of nitrogen functional groups attached to an aromatic ring is 2. The van der Waals surface area contributed by atoms with Gasteiger partial charge in [-0.05, 0) is 79.0 Å². The summed E-state index contributed by atoms with van der Waals surface area (Å²) in [6.45, 7) is -0.665. The predicted octanol–water partition coefficient (Wildman–Crippen LogP) is 14.1. The molecule has 1 aliphatic carbocycles. The first kappa shape index (κ1) is 85.5. The number of ether oxygens (including phenoxy) is 4. The number of nitrogens with zero attached hydrogens (tertiary/aromatic N) is 9. The number of hydrogen-bond donors (Lipinski definition) is 6. The third-order valence-corrected chi connectivity index (χ3v) is 14.1. The van der Waals surface area contributed by atoms with E-state index in [0.29, 0.717) is 20.8 Å². The molecule has 2 aliphatic rings. The Morgan fingerprint density at radius 3 is 1.36 bits per heavy atom. The fraction of sp³-hybridized carbons (Fsp3) is 0.214. The van der Waals surface area contributed by atoms with E-state index in [1.807, 2.05) is 0 Å². The zero-order chi connectivity index (χ0) is 76.5. The maximum absolute atomic E-state index is 14.2. The van der Waals surface area contributed by atoms with E-state index in [0.717, 1.165) is 92.3 Å². The monoisotopic (exact) mass is 1640 g/mol. The van der Waals surface area contributed by atoms with Crippen molar-refractivity contribution in [3.05, 3.63) is 201 Å². The number of halogens is 14. The number of hydrogen-bond acceptors (Lipinski definition) is 23. The Labute approximate surface area is 584 Å². The van der Waals surface area contributed by atoms with Crippen LogP contribution < -0.4 is 40.2 Å². The number of rotatable bonds is 11. The van der Waals surface area contributed by atoms with Crippen molar-refractivity contribution in [3.63, 3.8) is 0 Å². The van der Waals surface area contributed by atoms with Gasteiger partial charge in [0.2, 0.25) is 51.6 Å². The van der Waals surface area contributed by atoms with E-state index in [4.69, 9.17) is 49.1 Å². The van der Waals surface area contributed by atoms with Gasteiger partial charge in [0, 0.05) is 44.7 Å². The van der Waals surface area contributed by atoms with Crippen molar-refractivity contribution in [1.82, 2.24) is 9.97 Å².